The molecule has 22 heavy (non-hydrogen) atoms. The summed E-state index contributed by atoms with van der Waals surface area (Å²) in [6.07, 6.45) is 1.45. The molecule has 0 saturated carbocycles. The summed E-state index contributed by atoms with van der Waals surface area (Å²) in [4.78, 5) is 22.8. The summed E-state index contributed by atoms with van der Waals surface area (Å²) in [7, 11) is 0. The Hall–Kier alpha value is -1.85. The number of amides is 1. The average molecular weight is 306 g/mol. The topological polar surface area (TPSA) is 67.4 Å². The van der Waals surface area contributed by atoms with Crippen LogP contribution in [-0.2, 0) is 4.74 Å². The van der Waals surface area contributed by atoms with Gasteiger partial charge < -0.3 is 15.0 Å². The number of rotatable bonds is 2. The number of alkyl carbamates (subject to hydrolysis) is 1. The van der Waals surface area contributed by atoms with E-state index in [-0.39, 0.29) is 12.1 Å². The Morgan fingerprint density at radius 1 is 1.27 bits per heavy atom. The third-order valence-corrected chi connectivity index (χ3v) is 3.49. The Bertz CT molecular complexity index is 511. The maximum absolute atomic E-state index is 11.8. The highest BCUT2D eigenvalue weighted by atomic mass is 16.6. The van der Waals surface area contributed by atoms with Crippen LogP contribution in [0.4, 0.5) is 10.6 Å². The second-order valence-electron chi connectivity index (χ2n) is 6.82. The highest BCUT2D eigenvalue weighted by molar-refractivity contribution is 5.68. The number of carbonyl (C=O) groups excluding carboxylic acids is 1. The quantitative estimate of drug-likeness (QED) is 0.909. The molecule has 122 valence electrons. The lowest BCUT2D eigenvalue weighted by Crippen LogP contribution is -2.46. The molecule has 0 radical (unpaired) electrons. The van der Waals surface area contributed by atoms with Gasteiger partial charge in [-0.25, -0.2) is 14.8 Å². The van der Waals surface area contributed by atoms with Crippen LogP contribution < -0.4 is 10.2 Å². The Morgan fingerprint density at radius 3 is 2.45 bits per heavy atom. The molecule has 1 fully saturated rings. The van der Waals surface area contributed by atoms with Crippen molar-refractivity contribution >= 4 is 11.9 Å². The zero-order chi connectivity index (χ0) is 16.3. The van der Waals surface area contributed by atoms with Gasteiger partial charge in [0.25, 0.3) is 0 Å². The van der Waals surface area contributed by atoms with Crippen LogP contribution in [0.25, 0.3) is 0 Å². The fourth-order valence-electron chi connectivity index (χ4n) is 2.59. The van der Waals surface area contributed by atoms with Crippen molar-refractivity contribution in [2.75, 3.05) is 18.0 Å². The maximum Gasteiger partial charge on any atom is 0.407 e. The standard InChI is InChI=1S/C16H26N4O2/c1-11-10-14(18-12(2)17-11)20-8-6-13(7-9-20)19-15(21)22-16(3,4)5/h10,13H,6-9H2,1-5H3,(H,19,21). The molecular weight excluding hydrogens is 280 g/mol. The summed E-state index contributed by atoms with van der Waals surface area (Å²) in [5.74, 6) is 1.77. The van der Waals surface area contributed by atoms with Crippen LogP contribution in [0.2, 0.25) is 0 Å². The number of anilines is 1. The number of piperidine rings is 1. The molecule has 1 amide bonds. The van der Waals surface area contributed by atoms with Gasteiger partial charge in [0.2, 0.25) is 0 Å². The van der Waals surface area contributed by atoms with Gasteiger partial charge in [0, 0.05) is 30.9 Å². The van der Waals surface area contributed by atoms with E-state index in [0.29, 0.717) is 0 Å². The maximum atomic E-state index is 11.8. The van der Waals surface area contributed by atoms with E-state index in [1.807, 2.05) is 40.7 Å². The zero-order valence-electron chi connectivity index (χ0n) is 14.1. The minimum atomic E-state index is -0.458. The van der Waals surface area contributed by atoms with Crippen LogP contribution in [0.15, 0.2) is 6.07 Å². The van der Waals surface area contributed by atoms with E-state index >= 15 is 0 Å². The molecule has 6 heteroatoms. The molecule has 1 aliphatic heterocycles. The van der Waals surface area contributed by atoms with Gasteiger partial charge in [-0.15, -0.1) is 0 Å². The van der Waals surface area contributed by atoms with E-state index in [9.17, 15) is 4.79 Å². The molecule has 1 N–H and O–H groups in total. The van der Waals surface area contributed by atoms with E-state index < -0.39 is 5.60 Å². The third-order valence-electron chi connectivity index (χ3n) is 3.49. The Kier molecular flexibility index (Phi) is 4.88. The van der Waals surface area contributed by atoms with Crippen LogP contribution in [0, 0.1) is 13.8 Å². The molecule has 2 rings (SSSR count). The number of hydrogen-bond acceptors (Lipinski definition) is 5. The normalized spacial score (nSPS) is 16.5. The fourth-order valence-corrected chi connectivity index (χ4v) is 2.59. The van der Waals surface area contributed by atoms with E-state index in [1.54, 1.807) is 0 Å². The average Bonchev–Trinajstić information content (AvgIpc) is 2.36. The van der Waals surface area contributed by atoms with Crippen LogP contribution in [0.1, 0.15) is 45.1 Å². The second kappa shape index (κ2) is 6.50. The predicted molar refractivity (Wildman–Crippen MR) is 86.1 cm³/mol. The molecule has 0 aliphatic carbocycles. The summed E-state index contributed by atoms with van der Waals surface area (Å²) >= 11 is 0. The lowest BCUT2D eigenvalue weighted by atomic mass is 10.1. The molecule has 0 bridgehead atoms. The first-order chi connectivity index (χ1) is 10.2. The highest BCUT2D eigenvalue weighted by Gasteiger charge is 2.24. The van der Waals surface area contributed by atoms with Crippen LogP contribution in [-0.4, -0.2) is 40.8 Å². The summed E-state index contributed by atoms with van der Waals surface area (Å²) in [5.41, 5.74) is 0.525. The number of aromatic nitrogens is 2. The smallest absolute Gasteiger partial charge is 0.407 e. The van der Waals surface area contributed by atoms with Crippen molar-refractivity contribution in [3.63, 3.8) is 0 Å². The summed E-state index contributed by atoms with van der Waals surface area (Å²) in [6.45, 7) is 11.2. The molecular formula is C16H26N4O2. The van der Waals surface area contributed by atoms with Crippen LogP contribution in [0.5, 0.6) is 0 Å². The van der Waals surface area contributed by atoms with Crippen molar-refractivity contribution in [3.05, 3.63) is 17.6 Å². The molecule has 1 saturated heterocycles. The van der Waals surface area contributed by atoms with E-state index in [2.05, 4.69) is 20.2 Å². The van der Waals surface area contributed by atoms with Gasteiger partial charge in [0.1, 0.15) is 17.2 Å². The van der Waals surface area contributed by atoms with Gasteiger partial charge in [0.15, 0.2) is 0 Å². The number of nitrogens with zero attached hydrogens (tertiary/aromatic N) is 3. The van der Waals surface area contributed by atoms with Crippen LogP contribution in [0.3, 0.4) is 0 Å². The fraction of sp³-hybridized carbons (Fsp3) is 0.688. The van der Waals surface area contributed by atoms with Gasteiger partial charge in [-0.05, 0) is 47.5 Å². The molecule has 0 unspecified atom stereocenters. The lowest BCUT2D eigenvalue weighted by molar-refractivity contribution is 0.0497. The van der Waals surface area contributed by atoms with Crippen LogP contribution >= 0.6 is 0 Å². The highest BCUT2D eigenvalue weighted by Crippen LogP contribution is 2.19. The molecule has 1 aromatic rings. The lowest BCUT2D eigenvalue weighted by Gasteiger charge is -2.33. The molecule has 0 spiro atoms. The zero-order valence-corrected chi connectivity index (χ0v) is 14.1. The number of ether oxygens (including phenoxy) is 1. The van der Waals surface area contributed by atoms with Gasteiger partial charge in [-0.2, -0.15) is 0 Å². The van der Waals surface area contributed by atoms with Gasteiger partial charge in [-0.1, -0.05) is 0 Å². The molecule has 0 aromatic carbocycles. The number of nitrogens with one attached hydrogen (secondary N) is 1. The summed E-state index contributed by atoms with van der Waals surface area (Å²) in [5, 5.41) is 2.95. The van der Waals surface area contributed by atoms with Gasteiger partial charge in [0.05, 0.1) is 0 Å². The number of aryl methyl sites for hydroxylation is 2. The largest absolute Gasteiger partial charge is 0.444 e. The van der Waals surface area contributed by atoms with E-state index in [4.69, 9.17) is 4.74 Å². The minimum Gasteiger partial charge on any atom is -0.444 e. The molecule has 2 heterocycles. The van der Waals surface area contributed by atoms with Crippen molar-refractivity contribution in [2.45, 2.75) is 59.1 Å². The monoisotopic (exact) mass is 306 g/mol. The van der Waals surface area contributed by atoms with Gasteiger partial charge >= 0.3 is 6.09 Å². The first kappa shape index (κ1) is 16.5. The van der Waals surface area contributed by atoms with E-state index in [1.165, 1.54) is 0 Å². The molecule has 1 aliphatic rings. The first-order valence-electron chi connectivity index (χ1n) is 7.80. The first-order valence-corrected chi connectivity index (χ1v) is 7.80. The Balaban J connectivity index is 1.86. The predicted octanol–water partition coefficient (Wildman–Crippen LogP) is 2.59. The molecule has 0 atom stereocenters. The van der Waals surface area contributed by atoms with Crippen molar-refractivity contribution < 1.29 is 9.53 Å². The number of hydrogen-bond donors (Lipinski definition) is 1. The molecule has 1 aromatic heterocycles. The van der Waals surface area contributed by atoms with Crippen molar-refractivity contribution in [1.82, 2.24) is 15.3 Å². The number of carbonyl (C=O) groups is 1. The van der Waals surface area contributed by atoms with E-state index in [0.717, 1.165) is 43.3 Å². The SMILES string of the molecule is Cc1cc(N2CCC(NC(=O)OC(C)(C)C)CC2)nc(C)n1. The Morgan fingerprint density at radius 2 is 1.91 bits per heavy atom. The molecule has 6 nitrogen and oxygen atoms in total. The minimum absolute atomic E-state index is 0.162. The third kappa shape index (κ3) is 4.86. The second-order valence-corrected chi connectivity index (χ2v) is 6.82. The summed E-state index contributed by atoms with van der Waals surface area (Å²) < 4.78 is 5.30. The Labute approximate surface area is 132 Å². The van der Waals surface area contributed by atoms with Crippen molar-refractivity contribution in [1.29, 1.82) is 0 Å². The van der Waals surface area contributed by atoms with Crippen molar-refractivity contribution in [3.8, 4) is 0 Å². The van der Waals surface area contributed by atoms with Crippen molar-refractivity contribution in [2.24, 2.45) is 0 Å². The van der Waals surface area contributed by atoms with Gasteiger partial charge in [-0.3, -0.25) is 0 Å². The summed E-state index contributed by atoms with van der Waals surface area (Å²) in [6, 6.07) is 2.17.